The van der Waals surface area contributed by atoms with Crippen molar-refractivity contribution in [1.82, 2.24) is 9.78 Å². The van der Waals surface area contributed by atoms with Gasteiger partial charge >= 0.3 is 11.9 Å². The molecule has 1 aromatic heterocycles. The Bertz CT molecular complexity index is 1170. The van der Waals surface area contributed by atoms with Crippen molar-refractivity contribution in [3.63, 3.8) is 0 Å². The first kappa shape index (κ1) is 20.2. The van der Waals surface area contributed by atoms with E-state index in [1.165, 1.54) is 23.9 Å². The van der Waals surface area contributed by atoms with Crippen molar-refractivity contribution in [1.29, 1.82) is 0 Å². The minimum Gasteiger partial charge on any atom is -0.465 e. The Hall–Kier alpha value is -3.50. The van der Waals surface area contributed by atoms with E-state index in [4.69, 9.17) is 14.0 Å². The zero-order valence-corrected chi connectivity index (χ0v) is 16.2. The van der Waals surface area contributed by atoms with Crippen LogP contribution in [0.2, 0.25) is 0 Å². The van der Waals surface area contributed by atoms with Crippen LogP contribution in [0.25, 0.3) is 16.9 Å². The summed E-state index contributed by atoms with van der Waals surface area (Å²) in [6, 6.07) is 13.6. The van der Waals surface area contributed by atoms with Gasteiger partial charge < -0.3 is 9.47 Å². The maximum atomic E-state index is 12.5. The molecule has 0 fully saturated rings. The Morgan fingerprint density at radius 3 is 2.03 bits per heavy atom. The highest BCUT2D eigenvalue weighted by molar-refractivity contribution is 7.85. The zero-order chi connectivity index (χ0) is 21.2. The predicted molar refractivity (Wildman–Crippen MR) is 101 cm³/mol. The number of rotatable bonds is 5. The molecular weight excluding hydrogens is 400 g/mol. The third-order valence-corrected chi connectivity index (χ3v) is 4.95. The van der Waals surface area contributed by atoms with Crippen LogP contribution in [0.1, 0.15) is 20.8 Å². The summed E-state index contributed by atoms with van der Waals surface area (Å²) in [6.07, 6.45) is 0. The largest absolute Gasteiger partial charge is 0.465 e. The Labute approximate surface area is 166 Å². The lowest BCUT2D eigenvalue weighted by Crippen LogP contribution is -2.15. The second-order valence-electron chi connectivity index (χ2n) is 5.80. The van der Waals surface area contributed by atoms with E-state index >= 15 is 0 Å². The molecule has 9 nitrogen and oxygen atoms in total. The molecule has 3 aromatic rings. The molecule has 0 aliphatic heterocycles. The fraction of sp³-hybridized carbons (Fsp3) is 0.105. The lowest BCUT2D eigenvalue weighted by atomic mass is 10.1. The second-order valence-corrected chi connectivity index (χ2v) is 7.22. The molecular formula is C19H16N2O7S. The minimum absolute atomic E-state index is 0.0861. The minimum atomic E-state index is -4.39. The Morgan fingerprint density at radius 1 is 0.931 bits per heavy atom. The number of carbonyl (C=O) groups is 2. The lowest BCUT2D eigenvalue weighted by molar-refractivity contribution is 0.0549. The summed E-state index contributed by atoms with van der Waals surface area (Å²) < 4.78 is 42.6. The SMILES string of the molecule is COC(=O)c1c(-c2ccc(S(=O)(=O)O)cc2)nn(-c2ccccc2)c1C(=O)OC. The van der Waals surface area contributed by atoms with Crippen LogP contribution in [0.15, 0.2) is 59.5 Å². The summed E-state index contributed by atoms with van der Waals surface area (Å²) >= 11 is 0. The van der Waals surface area contributed by atoms with E-state index in [0.29, 0.717) is 11.3 Å². The van der Waals surface area contributed by atoms with Crippen LogP contribution >= 0.6 is 0 Å². The van der Waals surface area contributed by atoms with Gasteiger partial charge in [0.15, 0.2) is 5.69 Å². The first-order valence-corrected chi connectivity index (χ1v) is 9.65. The van der Waals surface area contributed by atoms with Gasteiger partial charge in [0.2, 0.25) is 0 Å². The molecule has 2 aromatic carbocycles. The topological polar surface area (TPSA) is 125 Å². The number of para-hydroxylation sites is 1. The van der Waals surface area contributed by atoms with Gasteiger partial charge in [-0.25, -0.2) is 14.3 Å². The highest BCUT2D eigenvalue weighted by Crippen LogP contribution is 2.29. The number of carbonyl (C=O) groups excluding carboxylic acids is 2. The highest BCUT2D eigenvalue weighted by Gasteiger charge is 2.31. The van der Waals surface area contributed by atoms with E-state index in [9.17, 15) is 18.0 Å². The molecule has 0 radical (unpaired) electrons. The van der Waals surface area contributed by atoms with Gasteiger partial charge in [-0.1, -0.05) is 30.3 Å². The average Bonchev–Trinajstić information content (AvgIpc) is 3.13. The molecule has 0 amide bonds. The third kappa shape index (κ3) is 3.89. The number of ether oxygens (including phenoxy) is 2. The summed E-state index contributed by atoms with van der Waals surface area (Å²) in [7, 11) is -2.05. The molecule has 0 aliphatic carbocycles. The molecule has 0 saturated heterocycles. The molecule has 0 spiro atoms. The fourth-order valence-corrected chi connectivity index (χ4v) is 3.22. The van der Waals surface area contributed by atoms with Crippen molar-refractivity contribution in [2.24, 2.45) is 0 Å². The number of hydrogen-bond acceptors (Lipinski definition) is 7. The van der Waals surface area contributed by atoms with E-state index in [-0.39, 0.29) is 21.8 Å². The number of nitrogens with zero attached hydrogens (tertiary/aromatic N) is 2. The Kier molecular flexibility index (Phi) is 5.48. The Morgan fingerprint density at radius 2 is 1.52 bits per heavy atom. The summed E-state index contributed by atoms with van der Waals surface area (Å²) in [5, 5.41) is 4.38. The zero-order valence-electron chi connectivity index (χ0n) is 15.4. The predicted octanol–water partition coefficient (Wildman–Crippen LogP) is 2.36. The van der Waals surface area contributed by atoms with Crippen LogP contribution in [0, 0.1) is 0 Å². The first-order chi connectivity index (χ1) is 13.8. The van der Waals surface area contributed by atoms with Gasteiger partial charge in [-0.15, -0.1) is 0 Å². The maximum absolute atomic E-state index is 12.5. The number of aromatic nitrogens is 2. The molecule has 3 rings (SSSR count). The van der Waals surface area contributed by atoms with E-state index in [1.807, 2.05) is 0 Å². The molecule has 0 bridgehead atoms. The standard InChI is InChI=1S/C19H16N2O7S/c1-27-18(22)15-16(12-8-10-14(11-9-12)29(24,25)26)20-21(17(15)19(23)28-2)13-6-4-3-5-7-13/h3-11H,1-2H3,(H,24,25,26). The van der Waals surface area contributed by atoms with Crippen molar-refractivity contribution in [2.45, 2.75) is 4.90 Å². The first-order valence-electron chi connectivity index (χ1n) is 8.21. The average molecular weight is 416 g/mol. The van der Waals surface area contributed by atoms with Gasteiger partial charge in [0, 0.05) is 5.56 Å². The normalized spacial score (nSPS) is 11.1. The van der Waals surface area contributed by atoms with Crippen molar-refractivity contribution >= 4 is 22.1 Å². The number of hydrogen-bond donors (Lipinski definition) is 1. The summed E-state index contributed by atoms with van der Waals surface area (Å²) in [4.78, 5) is 24.7. The molecule has 29 heavy (non-hydrogen) atoms. The van der Waals surface area contributed by atoms with Crippen molar-refractivity contribution in [3.8, 4) is 16.9 Å². The van der Waals surface area contributed by atoms with Crippen LogP contribution in [-0.4, -0.2) is 48.9 Å². The summed E-state index contributed by atoms with van der Waals surface area (Å²) in [5.74, 6) is -1.62. The lowest BCUT2D eigenvalue weighted by Gasteiger charge is -2.07. The molecule has 0 unspecified atom stereocenters. The number of benzene rings is 2. The smallest absolute Gasteiger partial charge is 0.357 e. The van der Waals surface area contributed by atoms with Crippen LogP contribution in [0.3, 0.4) is 0 Å². The second kappa shape index (κ2) is 7.86. The molecule has 0 aliphatic rings. The highest BCUT2D eigenvalue weighted by atomic mass is 32.2. The Balaban J connectivity index is 2.30. The van der Waals surface area contributed by atoms with Crippen LogP contribution < -0.4 is 0 Å². The van der Waals surface area contributed by atoms with Crippen LogP contribution in [-0.2, 0) is 19.6 Å². The number of methoxy groups -OCH3 is 2. The molecule has 150 valence electrons. The monoisotopic (exact) mass is 416 g/mol. The van der Waals surface area contributed by atoms with Gasteiger partial charge in [0.05, 0.1) is 24.8 Å². The molecule has 1 heterocycles. The maximum Gasteiger partial charge on any atom is 0.357 e. The third-order valence-electron chi connectivity index (χ3n) is 4.08. The van der Waals surface area contributed by atoms with E-state index < -0.39 is 22.1 Å². The van der Waals surface area contributed by atoms with E-state index in [0.717, 1.165) is 19.2 Å². The van der Waals surface area contributed by atoms with Crippen molar-refractivity contribution in [2.75, 3.05) is 14.2 Å². The molecule has 0 atom stereocenters. The van der Waals surface area contributed by atoms with Crippen molar-refractivity contribution < 1.29 is 32.0 Å². The quantitative estimate of drug-likeness (QED) is 0.496. The van der Waals surface area contributed by atoms with Crippen LogP contribution in [0.4, 0.5) is 0 Å². The summed E-state index contributed by atoms with van der Waals surface area (Å²) in [5.41, 5.74) is 0.640. The van der Waals surface area contributed by atoms with Crippen LogP contribution in [0.5, 0.6) is 0 Å². The van der Waals surface area contributed by atoms with Crippen molar-refractivity contribution in [3.05, 3.63) is 65.9 Å². The number of esters is 2. The summed E-state index contributed by atoms with van der Waals surface area (Å²) in [6.45, 7) is 0. The van der Waals surface area contributed by atoms with Gasteiger partial charge in [-0.05, 0) is 24.3 Å². The molecule has 1 N–H and O–H groups in total. The fourth-order valence-electron chi connectivity index (χ4n) is 2.74. The molecule has 0 saturated carbocycles. The van der Waals surface area contributed by atoms with Gasteiger partial charge in [-0.2, -0.15) is 13.5 Å². The van der Waals surface area contributed by atoms with E-state index in [1.54, 1.807) is 30.3 Å². The van der Waals surface area contributed by atoms with Gasteiger partial charge in [0.25, 0.3) is 10.1 Å². The van der Waals surface area contributed by atoms with Gasteiger partial charge in [-0.3, -0.25) is 4.55 Å². The van der Waals surface area contributed by atoms with Gasteiger partial charge in [0.1, 0.15) is 11.3 Å². The molecule has 10 heteroatoms. The van der Waals surface area contributed by atoms with E-state index in [2.05, 4.69) is 5.10 Å².